The van der Waals surface area contributed by atoms with E-state index in [4.69, 9.17) is 5.73 Å². The Hall–Kier alpha value is -1.36. The van der Waals surface area contributed by atoms with Gasteiger partial charge >= 0.3 is 0 Å². The Balaban J connectivity index is 2.60. The molecule has 1 aromatic heterocycles. The number of aromatic nitrogens is 1. The number of hydrogen-bond acceptors (Lipinski definition) is 4. The summed E-state index contributed by atoms with van der Waals surface area (Å²) < 4.78 is 0. The SMILES string of the molecule is C=CCCNC(=O)c1sc(N)nc1C. The van der Waals surface area contributed by atoms with Gasteiger partial charge in [-0.25, -0.2) is 4.98 Å². The lowest BCUT2D eigenvalue weighted by molar-refractivity contribution is 0.0957. The average molecular weight is 211 g/mol. The lowest BCUT2D eigenvalue weighted by Crippen LogP contribution is -2.23. The molecule has 0 aliphatic rings. The van der Waals surface area contributed by atoms with Crippen molar-refractivity contribution in [1.82, 2.24) is 10.3 Å². The summed E-state index contributed by atoms with van der Waals surface area (Å²) in [4.78, 5) is 16.1. The Morgan fingerprint density at radius 1 is 1.79 bits per heavy atom. The van der Waals surface area contributed by atoms with E-state index < -0.39 is 0 Å². The highest BCUT2D eigenvalue weighted by Crippen LogP contribution is 2.19. The maximum Gasteiger partial charge on any atom is 0.263 e. The molecule has 0 bridgehead atoms. The van der Waals surface area contributed by atoms with Crippen molar-refractivity contribution >= 4 is 22.4 Å². The smallest absolute Gasteiger partial charge is 0.263 e. The fourth-order valence-electron chi connectivity index (χ4n) is 0.996. The van der Waals surface area contributed by atoms with E-state index in [2.05, 4.69) is 16.9 Å². The quantitative estimate of drug-likeness (QED) is 0.583. The second-order valence-electron chi connectivity index (χ2n) is 2.80. The van der Waals surface area contributed by atoms with Crippen LogP contribution in [0.1, 0.15) is 21.8 Å². The number of nitrogen functional groups attached to an aromatic ring is 1. The third kappa shape index (κ3) is 2.56. The molecule has 0 saturated heterocycles. The molecular formula is C9H13N3OS. The number of aryl methyl sites for hydroxylation is 1. The van der Waals surface area contributed by atoms with Crippen LogP contribution in [-0.4, -0.2) is 17.4 Å². The molecule has 0 atom stereocenters. The van der Waals surface area contributed by atoms with Crippen LogP contribution in [0, 0.1) is 6.92 Å². The standard InChI is InChI=1S/C9H13N3OS/c1-3-4-5-11-8(13)7-6(2)12-9(10)14-7/h3H,1,4-5H2,2H3,(H2,10,12)(H,11,13). The summed E-state index contributed by atoms with van der Waals surface area (Å²) in [7, 11) is 0. The zero-order chi connectivity index (χ0) is 10.6. The van der Waals surface area contributed by atoms with Crippen LogP contribution in [0.5, 0.6) is 0 Å². The third-order valence-corrected chi connectivity index (χ3v) is 2.64. The summed E-state index contributed by atoms with van der Waals surface area (Å²) in [6, 6.07) is 0. The van der Waals surface area contributed by atoms with Crippen LogP contribution in [0.2, 0.25) is 0 Å². The van der Waals surface area contributed by atoms with Gasteiger partial charge in [0.15, 0.2) is 5.13 Å². The van der Waals surface area contributed by atoms with Gasteiger partial charge in [-0.2, -0.15) is 0 Å². The fraction of sp³-hybridized carbons (Fsp3) is 0.333. The van der Waals surface area contributed by atoms with Gasteiger partial charge in [0, 0.05) is 6.54 Å². The number of thiazole rings is 1. The molecule has 5 heteroatoms. The van der Waals surface area contributed by atoms with Crippen molar-refractivity contribution in [2.75, 3.05) is 12.3 Å². The molecule has 3 N–H and O–H groups in total. The Morgan fingerprint density at radius 2 is 2.50 bits per heavy atom. The number of amides is 1. The van der Waals surface area contributed by atoms with E-state index in [0.717, 1.165) is 6.42 Å². The number of nitrogens with one attached hydrogen (secondary N) is 1. The maximum absolute atomic E-state index is 11.5. The highest BCUT2D eigenvalue weighted by Gasteiger charge is 2.12. The molecule has 0 aliphatic heterocycles. The average Bonchev–Trinajstić information content (AvgIpc) is 2.45. The Morgan fingerprint density at radius 3 is 3.00 bits per heavy atom. The molecule has 0 aliphatic carbocycles. The van der Waals surface area contributed by atoms with Crippen LogP contribution < -0.4 is 11.1 Å². The topological polar surface area (TPSA) is 68.0 Å². The van der Waals surface area contributed by atoms with Crippen LogP contribution in [0.15, 0.2) is 12.7 Å². The number of rotatable bonds is 4. The van der Waals surface area contributed by atoms with Gasteiger partial charge in [-0.15, -0.1) is 6.58 Å². The second kappa shape index (κ2) is 4.76. The first kappa shape index (κ1) is 10.7. The summed E-state index contributed by atoms with van der Waals surface area (Å²) in [5, 5.41) is 3.19. The van der Waals surface area contributed by atoms with E-state index in [1.807, 2.05) is 0 Å². The molecule has 0 spiro atoms. The van der Waals surface area contributed by atoms with Crippen molar-refractivity contribution in [1.29, 1.82) is 0 Å². The largest absolute Gasteiger partial charge is 0.375 e. The number of nitrogens with zero attached hydrogens (tertiary/aromatic N) is 1. The molecule has 1 heterocycles. The molecule has 0 unspecified atom stereocenters. The summed E-state index contributed by atoms with van der Waals surface area (Å²) in [5.41, 5.74) is 6.17. The molecule has 0 fully saturated rings. The lowest BCUT2D eigenvalue weighted by atomic mass is 10.3. The van der Waals surface area contributed by atoms with E-state index in [-0.39, 0.29) is 5.91 Å². The molecule has 4 nitrogen and oxygen atoms in total. The Kier molecular flexibility index (Phi) is 3.64. The zero-order valence-corrected chi connectivity index (χ0v) is 8.86. The van der Waals surface area contributed by atoms with Crippen molar-refractivity contribution in [3.63, 3.8) is 0 Å². The monoisotopic (exact) mass is 211 g/mol. The molecule has 14 heavy (non-hydrogen) atoms. The van der Waals surface area contributed by atoms with Crippen molar-refractivity contribution in [3.8, 4) is 0 Å². The zero-order valence-electron chi connectivity index (χ0n) is 8.04. The van der Waals surface area contributed by atoms with E-state index in [0.29, 0.717) is 22.2 Å². The van der Waals surface area contributed by atoms with Gasteiger partial charge in [0.25, 0.3) is 5.91 Å². The first-order chi connectivity index (χ1) is 6.65. The van der Waals surface area contributed by atoms with Crippen molar-refractivity contribution in [2.45, 2.75) is 13.3 Å². The number of nitrogens with two attached hydrogens (primary N) is 1. The minimum atomic E-state index is -0.112. The lowest BCUT2D eigenvalue weighted by Gasteiger charge is -2.00. The highest BCUT2D eigenvalue weighted by molar-refractivity contribution is 7.17. The van der Waals surface area contributed by atoms with Crippen molar-refractivity contribution < 1.29 is 4.79 Å². The van der Waals surface area contributed by atoms with Crippen LogP contribution in [0.3, 0.4) is 0 Å². The van der Waals surface area contributed by atoms with Crippen LogP contribution in [-0.2, 0) is 0 Å². The molecule has 1 rings (SSSR count). The number of carbonyl (C=O) groups is 1. The molecule has 76 valence electrons. The predicted molar refractivity (Wildman–Crippen MR) is 58.4 cm³/mol. The minimum absolute atomic E-state index is 0.112. The van der Waals surface area contributed by atoms with E-state index >= 15 is 0 Å². The first-order valence-electron chi connectivity index (χ1n) is 4.27. The molecule has 1 amide bonds. The Bertz CT molecular complexity index is 346. The summed E-state index contributed by atoms with van der Waals surface area (Å²) in [6.45, 7) is 5.94. The predicted octanol–water partition coefficient (Wildman–Crippen LogP) is 1.34. The fourth-order valence-corrected chi connectivity index (χ4v) is 1.75. The highest BCUT2D eigenvalue weighted by atomic mass is 32.1. The van der Waals surface area contributed by atoms with Gasteiger partial charge in [-0.3, -0.25) is 4.79 Å². The minimum Gasteiger partial charge on any atom is -0.375 e. The van der Waals surface area contributed by atoms with Crippen LogP contribution in [0.25, 0.3) is 0 Å². The summed E-state index contributed by atoms with van der Waals surface area (Å²) in [6.07, 6.45) is 2.52. The summed E-state index contributed by atoms with van der Waals surface area (Å²) in [5.74, 6) is -0.112. The molecule has 0 radical (unpaired) electrons. The van der Waals surface area contributed by atoms with Crippen LogP contribution >= 0.6 is 11.3 Å². The van der Waals surface area contributed by atoms with E-state index in [1.165, 1.54) is 11.3 Å². The maximum atomic E-state index is 11.5. The van der Waals surface area contributed by atoms with E-state index in [1.54, 1.807) is 13.0 Å². The first-order valence-corrected chi connectivity index (χ1v) is 5.08. The number of anilines is 1. The normalized spacial score (nSPS) is 9.79. The Labute approximate surface area is 86.8 Å². The molecule has 1 aromatic rings. The van der Waals surface area contributed by atoms with Gasteiger partial charge in [0.05, 0.1) is 5.69 Å². The molecular weight excluding hydrogens is 198 g/mol. The van der Waals surface area contributed by atoms with Crippen molar-refractivity contribution in [2.24, 2.45) is 0 Å². The molecule has 0 aromatic carbocycles. The van der Waals surface area contributed by atoms with E-state index in [9.17, 15) is 4.79 Å². The van der Waals surface area contributed by atoms with Crippen molar-refractivity contribution in [3.05, 3.63) is 23.2 Å². The number of carbonyl (C=O) groups excluding carboxylic acids is 1. The second-order valence-corrected chi connectivity index (χ2v) is 3.83. The summed E-state index contributed by atoms with van der Waals surface area (Å²) >= 11 is 1.21. The van der Waals surface area contributed by atoms with Gasteiger partial charge < -0.3 is 11.1 Å². The number of hydrogen-bond donors (Lipinski definition) is 2. The third-order valence-electron chi connectivity index (χ3n) is 1.65. The van der Waals surface area contributed by atoms with Gasteiger partial charge in [-0.1, -0.05) is 17.4 Å². The van der Waals surface area contributed by atoms with Gasteiger partial charge in [0.2, 0.25) is 0 Å². The molecule has 0 saturated carbocycles. The van der Waals surface area contributed by atoms with Gasteiger partial charge in [-0.05, 0) is 13.3 Å². The van der Waals surface area contributed by atoms with Gasteiger partial charge in [0.1, 0.15) is 4.88 Å². The van der Waals surface area contributed by atoms with Crippen LogP contribution in [0.4, 0.5) is 5.13 Å².